The lowest BCUT2D eigenvalue weighted by atomic mass is 10.1. The van der Waals surface area contributed by atoms with Crippen molar-refractivity contribution in [1.82, 2.24) is 4.31 Å². The Morgan fingerprint density at radius 3 is 2.48 bits per heavy atom. The van der Waals surface area contributed by atoms with E-state index in [0.29, 0.717) is 17.8 Å². The van der Waals surface area contributed by atoms with Gasteiger partial charge >= 0.3 is 5.97 Å². The molecule has 1 fully saturated rings. The van der Waals surface area contributed by atoms with Crippen LogP contribution in [0.25, 0.3) is 0 Å². The monoisotopic (exact) mass is 444 g/mol. The molecule has 2 aromatic carbocycles. The van der Waals surface area contributed by atoms with Gasteiger partial charge in [0.05, 0.1) is 10.5 Å². The maximum atomic E-state index is 13.1. The molecule has 1 N–H and O–H groups in total. The molecule has 8 heteroatoms. The van der Waals surface area contributed by atoms with Crippen LogP contribution in [0.1, 0.15) is 47.7 Å². The number of nitrogens with zero attached hydrogens (tertiary/aromatic N) is 1. The number of hydrogen-bond donors (Lipinski definition) is 1. The summed E-state index contributed by atoms with van der Waals surface area (Å²) >= 11 is 0. The van der Waals surface area contributed by atoms with Crippen molar-refractivity contribution in [1.29, 1.82) is 0 Å². The lowest BCUT2D eigenvalue weighted by Crippen LogP contribution is -2.41. The summed E-state index contributed by atoms with van der Waals surface area (Å²) in [7, 11) is -3.71. The summed E-state index contributed by atoms with van der Waals surface area (Å²) in [5.74, 6) is -1.21. The molecule has 1 unspecified atom stereocenters. The van der Waals surface area contributed by atoms with Crippen molar-refractivity contribution in [3.63, 3.8) is 0 Å². The summed E-state index contributed by atoms with van der Waals surface area (Å²) in [5, 5.41) is 2.66. The zero-order chi connectivity index (χ0) is 22.6. The average Bonchev–Trinajstić information content (AvgIpc) is 2.74. The van der Waals surface area contributed by atoms with E-state index in [1.807, 2.05) is 26.0 Å². The predicted molar refractivity (Wildman–Crippen MR) is 118 cm³/mol. The zero-order valence-electron chi connectivity index (χ0n) is 18.1. The first-order valence-electron chi connectivity index (χ1n) is 10.3. The van der Waals surface area contributed by atoms with Crippen LogP contribution in [0.2, 0.25) is 0 Å². The molecular formula is C23H28N2O5S. The highest BCUT2D eigenvalue weighted by Crippen LogP contribution is 2.26. The highest BCUT2D eigenvalue weighted by Gasteiger charge is 2.31. The number of sulfonamides is 1. The first kappa shape index (κ1) is 23.0. The maximum Gasteiger partial charge on any atom is 0.338 e. The molecule has 0 aliphatic carbocycles. The normalized spacial score (nSPS) is 17.2. The Hall–Kier alpha value is -2.71. The minimum Gasteiger partial charge on any atom is -0.452 e. The summed E-state index contributed by atoms with van der Waals surface area (Å²) in [6, 6.07) is 11.6. The van der Waals surface area contributed by atoms with Crippen molar-refractivity contribution in [3.8, 4) is 0 Å². The summed E-state index contributed by atoms with van der Waals surface area (Å²) in [4.78, 5) is 24.7. The fraction of sp³-hybridized carbons (Fsp3) is 0.391. The van der Waals surface area contributed by atoms with Gasteiger partial charge in [-0.2, -0.15) is 4.31 Å². The van der Waals surface area contributed by atoms with E-state index in [2.05, 4.69) is 5.32 Å². The largest absolute Gasteiger partial charge is 0.452 e. The maximum absolute atomic E-state index is 13.1. The summed E-state index contributed by atoms with van der Waals surface area (Å²) < 4.78 is 32.8. The van der Waals surface area contributed by atoms with Gasteiger partial charge in [0.25, 0.3) is 5.91 Å². The number of esters is 1. The lowest BCUT2D eigenvalue weighted by Gasteiger charge is -2.32. The summed E-state index contributed by atoms with van der Waals surface area (Å²) in [6.07, 6.45) is 2.64. The Kier molecular flexibility index (Phi) is 7.12. The van der Waals surface area contributed by atoms with Gasteiger partial charge in [-0.25, -0.2) is 13.2 Å². The van der Waals surface area contributed by atoms with Crippen LogP contribution in [0.3, 0.4) is 0 Å². The number of amides is 1. The Morgan fingerprint density at radius 1 is 1.10 bits per heavy atom. The van der Waals surface area contributed by atoms with Gasteiger partial charge in [0.15, 0.2) is 6.61 Å². The quantitative estimate of drug-likeness (QED) is 0.687. The zero-order valence-corrected chi connectivity index (χ0v) is 18.9. The number of aryl methyl sites for hydroxylation is 2. The molecule has 0 saturated carbocycles. The highest BCUT2D eigenvalue weighted by atomic mass is 32.2. The van der Waals surface area contributed by atoms with Crippen molar-refractivity contribution in [2.24, 2.45) is 0 Å². The van der Waals surface area contributed by atoms with Gasteiger partial charge < -0.3 is 10.1 Å². The first-order valence-corrected chi connectivity index (χ1v) is 11.8. The van der Waals surface area contributed by atoms with E-state index in [-0.39, 0.29) is 16.5 Å². The molecule has 3 rings (SSSR count). The van der Waals surface area contributed by atoms with Crippen LogP contribution < -0.4 is 5.32 Å². The van der Waals surface area contributed by atoms with Gasteiger partial charge in [0.2, 0.25) is 10.0 Å². The molecule has 1 amide bonds. The van der Waals surface area contributed by atoms with Crippen LogP contribution in [-0.2, 0) is 19.6 Å². The third kappa shape index (κ3) is 5.51. The molecule has 1 atom stereocenters. The number of ether oxygens (including phenoxy) is 1. The lowest BCUT2D eigenvalue weighted by molar-refractivity contribution is -0.119. The molecule has 0 radical (unpaired) electrons. The number of anilines is 1. The number of carbonyl (C=O) groups is 2. The molecule has 166 valence electrons. The topological polar surface area (TPSA) is 92.8 Å². The van der Waals surface area contributed by atoms with Gasteiger partial charge in [0.1, 0.15) is 0 Å². The third-order valence-corrected chi connectivity index (χ3v) is 7.46. The van der Waals surface area contributed by atoms with Crippen molar-refractivity contribution < 1.29 is 22.7 Å². The van der Waals surface area contributed by atoms with Gasteiger partial charge in [-0.15, -0.1) is 0 Å². The van der Waals surface area contributed by atoms with E-state index >= 15 is 0 Å². The van der Waals surface area contributed by atoms with Gasteiger partial charge in [-0.05, 0) is 63.4 Å². The molecular weight excluding hydrogens is 416 g/mol. The van der Waals surface area contributed by atoms with Gasteiger partial charge in [-0.3, -0.25) is 4.79 Å². The Morgan fingerprint density at radius 2 is 1.81 bits per heavy atom. The molecule has 2 aromatic rings. The fourth-order valence-electron chi connectivity index (χ4n) is 3.59. The molecule has 0 bridgehead atoms. The second kappa shape index (κ2) is 9.62. The SMILES string of the molecule is Cc1ccc(NC(=O)COC(=O)c2cc(S(=O)(=O)N3CCCCC3C)ccc2C)cc1. The molecule has 0 spiro atoms. The Labute approximate surface area is 183 Å². The van der Waals surface area contributed by atoms with E-state index in [1.165, 1.54) is 16.4 Å². The van der Waals surface area contributed by atoms with E-state index in [0.717, 1.165) is 24.8 Å². The van der Waals surface area contributed by atoms with Crippen LogP contribution in [0, 0.1) is 13.8 Å². The van der Waals surface area contributed by atoms with Gasteiger partial charge in [-0.1, -0.05) is 30.2 Å². The number of carbonyl (C=O) groups excluding carboxylic acids is 2. The van der Waals surface area contributed by atoms with E-state index in [4.69, 9.17) is 4.74 Å². The molecule has 31 heavy (non-hydrogen) atoms. The van der Waals surface area contributed by atoms with Crippen LogP contribution in [-0.4, -0.2) is 43.8 Å². The number of hydrogen-bond acceptors (Lipinski definition) is 5. The minimum atomic E-state index is -3.71. The highest BCUT2D eigenvalue weighted by molar-refractivity contribution is 7.89. The fourth-order valence-corrected chi connectivity index (χ4v) is 5.31. The van der Waals surface area contributed by atoms with Crippen molar-refractivity contribution in [2.45, 2.75) is 51.0 Å². The second-order valence-corrected chi connectivity index (χ2v) is 9.82. The van der Waals surface area contributed by atoms with E-state index in [1.54, 1.807) is 25.1 Å². The van der Waals surface area contributed by atoms with Crippen LogP contribution in [0.4, 0.5) is 5.69 Å². The molecule has 1 aliphatic rings. The summed E-state index contributed by atoms with van der Waals surface area (Å²) in [5.41, 5.74) is 2.38. The number of benzene rings is 2. The van der Waals surface area contributed by atoms with Crippen LogP contribution in [0.15, 0.2) is 47.4 Å². The third-order valence-electron chi connectivity index (χ3n) is 5.45. The Balaban J connectivity index is 1.69. The smallest absolute Gasteiger partial charge is 0.338 e. The van der Waals surface area contributed by atoms with E-state index in [9.17, 15) is 18.0 Å². The molecule has 1 saturated heterocycles. The molecule has 1 heterocycles. The van der Waals surface area contributed by atoms with Crippen molar-refractivity contribution in [3.05, 3.63) is 59.2 Å². The van der Waals surface area contributed by atoms with Crippen molar-refractivity contribution >= 4 is 27.6 Å². The van der Waals surface area contributed by atoms with Crippen molar-refractivity contribution in [2.75, 3.05) is 18.5 Å². The molecule has 0 aromatic heterocycles. The number of piperidine rings is 1. The molecule has 7 nitrogen and oxygen atoms in total. The number of rotatable bonds is 6. The predicted octanol–water partition coefficient (Wildman–Crippen LogP) is 3.66. The number of nitrogens with one attached hydrogen (secondary N) is 1. The molecule has 1 aliphatic heterocycles. The minimum absolute atomic E-state index is 0.0582. The van der Waals surface area contributed by atoms with Gasteiger partial charge in [0, 0.05) is 18.3 Å². The van der Waals surface area contributed by atoms with Crippen LogP contribution >= 0.6 is 0 Å². The standard InChI is InChI=1S/C23H28N2O5S/c1-16-7-10-19(11-8-16)24-22(26)15-30-23(27)21-14-20(12-9-17(21)2)31(28,29)25-13-5-4-6-18(25)3/h7-12,14,18H,4-6,13,15H2,1-3H3,(H,24,26). The first-order chi connectivity index (χ1) is 14.7. The second-order valence-electron chi connectivity index (χ2n) is 7.93. The average molecular weight is 445 g/mol. The van der Waals surface area contributed by atoms with Crippen LogP contribution in [0.5, 0.6) is 0 Å². The Bertz CT molecular complexity index is 1060. The summed E-state index contributed by atoms with van der Waals surface area (Å²) in [6.45, 7) is 5.54. The van der Waals surface area contributed by atoms with E-state index < -0.39 is 28.5 Å².